The summed E-state index contributed by atoms with van der Waals surface area (Å²) in [6, 6.07) is 0. The molecule has 2 atom stereocenters. The quantitative estimate of drug-likeness (QED) is 0.548. The number of Topliss-reactive ketones (excluding diaryl/α,β-unsaturated/α-hetero) is 1. The first-order valence-electron chi connectivity index (χ1n) is 5.35. The molecular weight excluding hydrogens is 311 g/mol. The predicted molar refractivity (Wildman–Crippen MR) is 66.7 cm³/mol. The molecule has 0 bridgehead atoms. The molecule has 0 aliphatic carbocycles. The molecule has 0 saturated carbocycles. The van der Waals surface area contributed by atoms with Crippen LogP contribution >= 0.6 is 6.72 Å². The molecule has 2 heterocycles. The van der Waals surface area contributed by atoms with Gasteiger partial charge in [-0.3, -0.25) is 9.59 Å². The van der Waals surface area contributed by atoms with E-state index in [1.807, 2.05) is 0 Å². The second-order valence-corrected chi connectivity index (χ2v) is 6.61. The van der Waals surface area contributed by atoms with Gasteiger partial charge in [0.2, 0.25) is 5.82 Å². The molecule has 4 N–H and O–H groups in total. The van der Waals surface area contributed by atoms with Crippen LogP contribution in [0, 0.1) is 0 Å². The summed E-state index contributed by atoms with van der Waals surface area (Å²) in [4.78, 5) is 44.0. The number of amides is 1. The molecule has 1 aromatic heterocycles. The van der Waals surface area contributed by atoms with Gasteiger partial charge in [-0.1, -0.05) is 0 Å². The lowest BCUT2D eigenvalue weighted by molar-refractivity contribution is -0.124. The van der Waals surface area contributed by atoms with Crippen LogP contribution in [0.4, 0.5) is 0 Å². The third-order valence-corrected chi connectivity index (χ3v) is 3.28. The summed E-state index contributed by atoms with van der Waals surface area (Å²) in [6.07, 6.45) is -0.547. The summed E-state index contributed by atoms with van der Waals surface area (Å²) in [7, 11) is 0. The van der Waals surface area contributed by atoms with Crippen molar-refractivity contribution in [3.8, 4) is 0 Å². The molecule has 0 aromatic carbocycles. The van der Waals surface area contributed by atoms with E-state index in [1.54, 1.807) is 0 Å². The van der Waals surface area contributed by atoms with E-state index in [1.165, 1.54) is 11.0 Å². The number of carbonyl (C=O) groups excluding carboxylic acids is 2. The highest BCUT2D eigenvalue weighted by Gasteiger charge is 2.36. The lowest BCUT2D eigenvalue weighted by Gasteiger charge is -2.14. The Morgan fingerprint density at radius 1 is 1.70 bits per heavy atom. The number of ether oxygens (including phenoxy) is 1. The van der Waals surface area contributed by atoms with Crippen LogP contribution in [0.25, 0.3) is 0 Å². The van der Waals surface area contributed by atoms with Gasteiger partial charge in [0.25, 0.3) is 5.91 Å². The second kappa shape index (κ2) is 5.64. The number of primary amides is 1. The van der Waals surface area contributed by atoms with Crippen LogP contribution in [0.3, 0.4) is 0 Å². The van der Waals surface area contributed by atoms with Crippen LogP contribution in [-0.2, 0) is 25.9 Å². The first-order chi connectivity index (χ1) is 9.26. The van der Waals surface area contributed by atoms with Gasteiger partial charge in [-0.2, -0.15) is 0 Å². The van der Waals surface area contributed by atoms with Gasteiger partial charge in [0, 0.05) is 0 Å². The zero-order valence-corrected chi connectivity index (χ0v) is 11.7. The minimum Gasteiger partial charge on any atom is -0.363 e. The van der Waals surface area contributed by atoms with E-state index >= 15 is 0 Å². The predicted octanol–water partition coefficient (Wildman–Crippen LogP) is -1.54. The van der Waals surface area contributed by atoms with Gasteiger partial charge >= 0.3 is 6.72 Å². The number of rotatable bonds is 5. The van der Waals surface area contributed by atoms with Crippen LogP contribution in [0.5, 0.6) is 0 Å². The highest BCUT2D eigenvalue weighted by atomic mass is 32.5. The molecule has 2 rings (SSSR count). The zero-order chi connectivity index (χ0) is 14.9. The van der Waals surface area contributed by atoms with E-state index in [0.29, 0.717) is 0 Å². The maximum atomic E-state index is 11.7. The van der Waals surface area contributed by atoms with Crippen molar-refractivity contribution >= 4 is 30.2 Å². The van der Waals surface area contributed by atoms with E-state index in [2.05, 4.69) is 26.4 Å². The Morgan fingerprint density at radius 2 is 2.40 bits per heavy atom. The van der Waals surface area contributed by atoms with Gasteiger partial charge in [-0.05, 0) is 11.8 Å². The van der Waals surface area contributed by atoms with Gasteiger partial charge in [0.1, 0.15) is 12.4 Å². The Balaban J connectivity index is 2.00. The summed E-state index contributed by atoms with van der Waals surface area (Å²) >= 11 is 4.27. The molecular formula is C8H11N4O6PS. The Kier molecular flexibility index (Phi) is 4.28. The van der Waals surface area contributed by atoms with E-state index in [0.717, 1.165) is 0 Å². The fourth-order valence-corrected chi connectivity index (χ4v) is 2.11. The highest BCUT2D eigenvalue weighted by molar-refractivity contribution is 8.06. The molecule has 20 heavy (non-hydrogen) atoms. The standard InChI is InChI=1S/C8H11N4O6PS/c9-7(14)8-10-3-12(11-8)6-1-4(13)5(18-6)2-17-19(15,16)20/h3,5-6H,1-2H2,(H2,9,14)(H2,15,16,20)/t5-,6-/m1/s1. The summed E-state index contributed by atoms with van der Waals surface area (Å²) < 4.78 is 11.1. The van der Waals surface area contributed by atoms with Crippen LogP contribution in [0.1, 0.15) is 23.3 Å². The lowest BCUT2D eigenvalue weighted by Crippen LogP contribution is -2.22. The summed E-state index contributed by atoms with van der Waals surface area (Å²) in [5, 5.41) is 3.77. The summed E-state index contributed by atoms with van der Waals surface area (Å²) in [5.74, 6) is -1.30. The lowest BCUT2D eigenvalue weighted by atomic mass is 10.2. The van der Waals surface area contributed by atoms with Crippen LogP contribution < -0.4 is 5.73 Å². The van der Waals surface area contributed by atoms with Crippen molar-refractivity contribution in [2.45, 2.75) is 18.8 Å². The van der Waals surface area contributed by atoms with Crippen molar-refractivity contribution in [3.63, 3.8) is 0 Å². The summed E-state index contributed by atoms with van der Waals surface area (Å²) in [6.45, 7) is -4.20. The van der Waals surface area contributed by atoms with Crippen LogP contribution in [0.15, 0.2) is 6.33 Å². The van der Waals surface area contributed by atoms with Crippen LogP contribution in [-0.4, -0.2) is 49.0 Å². The third kappa shape index (κ3) is 3.66. The van der Waals surface area contributed by atoms with Crippen molar-refractivity contribution in [2.24, 2.45) is 5.73 Å². The average molecular weight is 322 g/mol. The molecule has 1 aliphatic rings. The number of carbonyl (C=O) groups is 2. The molecule has 0 unspecified atom stereocenters. The highest BCUT2D eigenvalue weighted by Crippen LogP contribution is 2.37. The van der Waals surface area contributed by atoms with E-state index in [9.17, 15) is 9.59 Å². The molecule has 0 radical (unpaired) electrons. The number of hydrogen-bond donors (Lipinski definition) is 3. The number of ketones is 1. The molecule has 110 valence electrons. The SMILES string of the molecule is NC(=O)c1ncn([C@H]2CC(=O)[C@@H](COP(O)(O)=S)O2)n1. The Hall–Kier alpha value is -1.23. The van der Waals surface area contributed by atoms with Crippen molar-refractivity contribution in [3.05, 3.63) is 12.2 Å². The topological polar surface area (TPSA) is 150 Å². The molecule has 10 nitrogen and oxygen atoms in total. The largest absolute Gasteiger partial charge is 0.363 e. The van der Waals surface area contributed by atoms with Crippen LogP contribution in [0.2, 0.25) is 0 Å². The average Bonchev–Trinajstić information content (AvgIpc) is 2.91. The van der Waals surface area contributed by atoms with E-state index in [-0.39, 0.29) is 24.6 Å². The van der Waals surface area contributed by atoms with Gasteiger partial charge < -0.3 is 24.8 Å². The molecule has 1 amide bonds. The number of nitrogens with zero attached hydrogens (tertiary/aromatic N) is 3. The molecule has 0 spiro atoms. The minimum absolute atomic E-state index is 0.0185. The third-order valence-electron chi connectivity index (χ3n) is 2.47. The van der Waals surface area contributed by atoms with E-state index in [4.69, 9.17) is 20.3 Å². The fraction of sp³-hybridized carbons (Fsp3) is 0.500. The van der Waals surface area contributed by atoms with Crippen molar-refractivity contribution in [1.29, 1.82) is 0 Å². The molecule has 12 heteroatoms. The number of nitrogens with two attached hydrogens (primary N) is 1. The Labute approximate surface area is 117 Å². The maximum Gasteiger partial charge on any atom is 0.321 e. The number of aromatic nitrogens is 3. The zero-order valence-electron chi connectivity index (χ0n) is 9.95. The monoisotopic (exact) mass is 322 g/mol. The van der Waals surface area contributed by atoms with Crippen molar-refractivity contribution in [2.75, 3.05) is 6.61 Å². The Morgan fingerprint density at radius 3 is 2.95 bits per heavy atom. The van der Waals surface area contributed by atoms with Gasteiger partial charge in [0.15, 0.2) is 12.0 Å². The minimum atomic E-state index is -3.84. The van der Waals surface area contributed by atoms with Crippen molar-refractivity contribution < 1.29 is 28.6 Å². The molecule has 1 aliphatic heterocycles. The van der Waals surface area contributed by atoms with Gasteiger partial charge in [-0.15, -0.1) is 5.10 Å². The molecule has 1 fully saturated rings. The maximum absolute atomic E-state index is 11.7. The summed E-state index contributed by atoms with van der Waals surface area (Å²) in [5.41, 5.74) is 5.01. The number of hydrogen-bond acceptors (Lipinski definition) is 7. The van der Waals surface area contributed by atoms with E-state index < -0.39 is 25.0 Å². The fourth-order valence-electron chi connectivity index (χ4n) is 1.60. The van der Waals surface area contributed by atoms with Gasteiger partial charge in [0.05, 0.1) is 13.0 Å². The first kappa shape index (κ1) is 15.2. The Bertz CT molecular complexity index is 585. The van der Waals surface area contributed by atoms with Crippen molar-refractivity contribution in [1.82, 2.24) is 14.8 Å². The van der Waals surface area contributed by atoms with Gasteiger partial charge in [-0.25, -0.2) is 9.67 Å². The normalized spacial score (nSPS) is 23.2. The second-order valence-electron chi connectivity index (χ2n) is 3.95. The smallest absolute Gasteiger partial charge is 0.321 e. The first-order valence-corrected chi connectivity index (χ1v) is 7.98. The molecule has 1 saturated heterocycles. The molecule has 1 aromatic rings.